The van der Waals surface area contributed by atoms with Crippen molar-refractivity contribution in [1.29, 1.82) is 0 Å². The number of amides is 1. The Morgan fingerprint density at radius 2 is 2.10 bits per heavy atom. The molecule has 0 radical (unpaired) electrons. The number of rotatable bonds is 3. The maximum atomic E-state index is 12.1. The van der Waals surface area contributed by atoms with Crippen LogP contribution in [0.2, 0.25) is 0 Å². The molecule has 1 unspecified atom stereocenters. The Bertz CT molecular complexity index is 1230. The monoisotopic (exact) mass is 415 g/mol. The van der Waals surface area contributed by atoms with Crippen molar-refractivity contribution >= 4 is 22.6 Å². The number of fused-ring (bicyclic) bond motifs is 1. The number of pyridine rings is 1. The molecule has 1 atom stereocenters. The van der Waals surface area contributed by atoms with Gasteiger partial charge in [0, 0.05) is 48.9 Å². The minimum Gasteiger partial charge on any atom is -0.382 e. The van der Waals surface area contributed by atoms with Crippen molar-refractivity contribution in [3.63, 3.8) is 0 Å². The van der Waals surface area contributed by atoms with Crippen LogP contribution in [0.25, 0.3) is 22.3 Å². The minimum absolute atomic E-state index is 0.299. The fourth-order valence-electron chi connectivity index (χ4n) is 3.71. The summed E-state index contributed by atoms with van der Waals surface area (Å²) < 4.78 is 0. The van der Waals surface area contributed by atoms with E-state index >= 15 is 0 Å². The predicted molar refractivity (Wildman–Crippen MR) is 120 cm³/mol. The molecule has 3 heterocycles. The van der Waals surface area contributed by atoms with E-state index in [1.54, 1.807) is 19.4 Å². The van der Waals surface area contributed by atoms with E-state index in [4.69, 9.17) is 5.73 Å². The molecule has 1 aliphatic heterocycles. The highest BCUT2D eigenvalue weighted by atomic mass is 16.3. The van der Waals surface area contributed by atoms with Crippen molar-refractivity contribution in [2.45, 2.75) is 32.3 Å². The number of anilines is 1. The third-order valence-electron chi connectivity index (χ3n) is 5.41. The van der Waals surface area contributed by atoms with E-state index in [9.17, 15) is 9.90 Å². The van der Waals surface area contributed by atoms with Crippen LogP contribution in [-0.2, 0) is 11.2 Å². The predicted octanol–water partition coefficient (Wildman–Crippen LogP) is 2.42. The average molecular weight is 415 g/mol. The molecule has 7 nitrogen and oxygen atoms in total. The third kappa shape index (κ3) is 4.07. The zero-order valence-electron chi connectivity index (χ0n) is 17.9. The number of carbonyl (C=O) groups is 1. The molecule has 1 amide bonds. The molecule has 0 spiro atoms. The van der Waals surface area contributed by atoms with E-state index in [1.165, 1.54) is 4.90 Å². The van der Waals surface area contributed by atoms with Crippen LogP contribution in [0.5, 0.6) is 0 Å². The number of benzene rings is 1. The molecule has 3 aromatic rings. The summed E-state index contributed by atoms with van der Waals surface area (Å²) in [6, 6.07) is 7.39. The molecule has 1 saturated heterocycles. The highest BCUT2D eigenvalue weighted by molar-refractivity contribution is 5.91. The summed E-state index contributed by atoms with van der Waals surface area (Å²) in [6.07, 6.45) is 4.76. The summed E-state index contributed by atoms with van der Waals surface area (Å²) >= 11 is 0. The molecule has 0 aliphatic carbocycles. The zero-order valence-corrected chi connectivity index (χ0v) is 17.9. The number of likely N-dealkylation sites (tertiary alicyclic amines) is 1. The maximum Gasteiger partial charge on any atom is 0.267 e. The number of nitrogen functional groups attached to an aromatic ring is 1. The lowest BCUT2D eigenvalue weighted by atomic mass is 10.0. The number of aliphatic hydroxyl groups is 1. The number of carbonyl (C=O) groups excluding carboxylic acids is 1. The van der Waals surface area contributed by atoms with Gasteiger partial charge in [0.2, 0.25) is 5.60 Å². The van der Waals surface area contributed by atoms with Gasteiger partial charge in [-0.05, 0) is 30.0 Å². The van der Waals surface area contributed by atoms with E-state index in [2.05, 4.69) is 40.6 Å². The molecule has 7 heteroatoms. The first-order valence-corrected chi connectivity index (χ1v) is 10.3. The lowest BCUT2D eigenvalue weighted by Gasteiger charge is -2.13. The minimum atomic E-state index is -1.63. The SMILES string of the molecule is CC(C)Cc1cnc(N)c2nc(-c3cccc(C#CC4(O)CCN(C)C4=O)c3)ncc12. The van der Waals surface area contributed by atoms with Gasteiger partial charge in [0.1, 0.15) is 11.3 Å². The summed E-state index contributed by atoms with van der Waals surface area (Å²) in [5, 5.41) is 11.4. The molecule has 1 aromatic carbocycles. The second kappa shape index (κ2) is 7.97. The van der Waals surface area contributed by atoms with Gasteiger partial charge in [-0.1, -0.05) is 37.8 Å². The normalized spacial score (nSPS) is 18.5. The molecule has 31 heavy (non-hydrogen) atoms. The van der Waals surface area contributed by atoms with Crippen LogP contribution in [-0.4, -0.2) is 50.1 Å². The molecule has 0 saturated carbocycles. The van der Waals surface area contributed by atoms with Gasteiger partial charge in [-0.2, -0.15) is 0 Å². The topological polar surface area (TPSA) is 105 Å². The first-order chi connectivity index (χ1) is 14.8. The first-order valence-electron chi connectivity index (χ1n) is 10.3. The lowest BCUT2D eigenvalue weighted by Crippen LogP contribution is -2.37. The Hall–Kier alpha value is -3.50. The third-order valence-corrected chi connectivity index (χ3v) is 5.41. The molecule has 4 rings (SSSR count). The van der Waals surface area contributed by atoms with Crippen LogP contribution in [0.3, 0.4) is 0 Å². The lowest BCUT2D eigenvalue weighted by molar-refractivity contribution is -0.137. The van der Waals surface area contributed by atoms with Gasteiger partial charge in [-0.15, -0.1) is 0 Å². The Morgan fingerprint density at radius 1 is 1.29 bits per heavy atom. The van der Waals surface area contributed by atoms with Crippen LogP contribution in [0.1, 0.15) is 31.4 Å². The molecule has 1 aliphatic rings. The second-order valence-corrected chi connectivity index (χ2v) is 8.39. The van der Waals surface area contributed by atoms with Crippen LogP contribution in [0.15, 0.2) is 36.7 Å². The maximum absolute atomic E-state index is 12.1. The number of hydrogen-bond acceptors (Lipinski definition) is 6. The second-order valence-electron chi connectivity index (χ2n) is 8.39. The van der Waals surface area contributed by atoms with Gasteiger partial charge in [-0.3, -0.25) is 4.79 Å². The highest BCUT2D eigenvalue weighted by Gasteiger charge is 2.42. The number of hydrogen-bond donors (Lipinski definition) is 2. The molecular formula is C24H25N5O2. The number of likely N-dealkylation sites (N-methyl/N-ethyl adjacent to an activating group) is 1. The van der Waals surface area contributed by atoms with Crippen LogP contribution < -0.4 is 5.73 Å². The molecule has 2 aromatic heterocycles. The van der Waals surface area contributed by atoms with Crippen molar-refractivity contribution in [3.8, 4) is 23.2 Å². The Morgan fingerprint density at radius 3 is 2.81 bits per heavy atom. The van der Waals surface area contributed by atoms with Gasteiger partial charge >= 0.3 is 0 Å². The summed E-state index contributed by atoms with van der Waals surface area (Å²) in [7, 11) is 1.66. The van der Waals surface area contributed by atoms with E-state index in [1.807, 2.05) is 24.3 Å². The molecule has 0 bridgehead atoms. The Kier molecular flexibility index (Phi) is 5.34. The summed E-state index contributed by atoms with van der Waals surface area (Å²) in [5.74, 6) is 6.66. The Labute approximate surface area is 181 Å². The smallest absolute Gasteiger partial charge is 0.267 e. The van der Waals surface area contributed by atoms with Crippen LogP contribution in [0, 0.1) is 17.8 Å². The molecule has 3 N–H and O–H groups in total. The first kappa shape index (κ1) is 20.8. The number of nitrogens with two attached hydrogens (primary N) is 1. The summed E-state index contributed by atoms with van der Waals surface area (Å²) in [5.41, 5.74) is 7.61. The fraction of sp³-hybridized carbons (Fsp3) is 0.333. The van der Waals surface area contributed by atoms with Gasteiger partial charge in [0.25, 0.3) is 5.91 Å². The fourth-order valence-corrected chi connectivity index (χ4v) is 3.71. The van der Waals surface area contributed by atoms with Crippen LogP contribution >= 0.6 is 0 Å². The van der Waals surface area contributed by atoms with Gasteiger partial charge in [-0.25, -0.2) is 15.0 Å². The average Bonchev–Trinajstić information content (AvgIpc) is 3.02. The van der Waals surface area contributed by atoms with E-state index in [-0.39, 0.29) is 5.91 Å². The van der Waals surface area contributed by atoms with Crippen molar-refractivity contribution < 1.29 is 9.90 Å². The summed E-state index contributed by atoms with van der Waals surface area (Å²) in [4.78, 5) is 27.1. The molecule has 158 valence electrons. The van der Waals surface area contributed by atoms with Crippen molar-refractivity contribution in [3.05, 3.63) is 47.8 Å². The van der Waals surface area contributed by atoms with Gasteiger partial charge in [0.15, 0.2) is 5.82 Å². The van der Waals surface area contributed by atoms with Crippen molar-refractivity contribution in [2.75, 3.05) is 19.3 Å². The van der Waals surface area contributed by atoms with Gasteiger partial charge < -0.3 is 15.7 Å². The van der Waals surface area contributed by atoms with Gasteiger partial charge in [0.05, 0.1) is 0 Å². The highest BCUT2D eigenvalue weighted by Crippen LogP contribution is 2.26. The molecule has 1 fully saturated rings. The molecular weight excluding hydrogens is 390 g/mol. The quantitative estimate of drug-likeness (QED) is 0.637. The van der Waals surface area contributed by atoms with Crippen LogP contribution in [0.4, 0.5) is 5.82 Å². The Balaban J connectivity index is 1.69. The zero-order chi connectivity index (χ0) is 22.2. The number of aromatic nitrogens is 3. The van der Waals surface area contributed by atoms with E-state index in [0.717, 1.165) is 22.9 Å². The van der Waals surface area contributed by atoms with Crippen molar-refractivity contribution in [2.24, 2.45) is 5.92 Å². The summed E-state index contributed by atoms with van der Waals surface area (Å²) in [6.45, 7) is 4.79. The van der Waals surface area contributed by atoms with E-state index < -0.39 is 5.60 Å². The van der Waals surface area contributed by atoms with E-state index in [0.29, 0.717) is 41.6 Å². The largest absolute Gasteiger partial charge is 0.382 e. The number of nitrogens with zero attached hydrogens (tertiary/aromatic N) is 4. The van der Waals surface area contributed by atoms with Crippen molar-refractivity contribution in [1.82, 2.24) is 19.9 Å². The standard InChI is InChI=1S/C24H25N5O2/c1-15(2)11-18-13-26-21(25)20-19(18)14-27-22(28-20)17-6-4-5-16(12-17)7-8-24(31)9-10-29(3)23(24)30/h4-6,12-15,31H,9-11H2,1-3H3,(H2,25,26).